The fourth-order valence-corrected chi connectivity index (χ4v) is 3.81. The van der Waals surface area contributed by atoms with Crippen LogP contribution in [-0.4, -0.2) is 34.8 Å². The first kappa shape index (κ1) is 24.2. The van der Waals surface area contributed by atoms with Crippen LogP contribution in [0.5, 0.6) is 5.75 Å². The van der Waals surface area contributed by atoms with Gasteiger partial charge in [-0.1, -0.05) is 13.0 Å². The van der Waals surface area contributed by atoms with Gasteiger partial charge in [0.1, 0.15) is 6.10 Å². The molecule has 1 aliphatic rings. The van der Waals surface area contributed by atoms with Crippen LogP contribution < -0.4 is 15.8 Å². The molecule has 33 heavy (non-hydrogen) atoms. The summed E-state index contributed by atoms with van der Waals surface area (Å²) in [6.07, 6.45) is -6.04. The van der Waals surface area contributed by atoms with E-state index in [0.717, 1.165) is 31.3 Å². The molecule has 1 fully saturated rings. The molecule has 13 heteroatoms. The van der Waals surface area contributed by atoms with Crippen molar-refractivity contribution in [2.45, 2.75) is 37.6 Å². The van der Waals surface area contributed by atoms with Crippen molar-refractivity contribution < 1.29 is 46.1 Å². The van der Waals surface area contributed by atoms with E-state index in [1.165, 1.54) is 0 Å². The standard InChI is InChI=1S/C20H18F5N3O5/c1-8-13(10-3-4-11(21)14(22)15(10)29)16(33-19(8,2)20(23,24)25)18(31)27-9-5-6-28(32)12(7-9)17(26)30/h3-8,13,16,29H,1-2H3,(H2,26,30)(H,27,31)/t8-,13+,16+,19-/m1/s1. The van der Waals surface area contributed by atoms with E-state index < -0.39 is 70.2 Å². The minimum Gasteiger partial charge on any atom is -0.618 e. The van der Waals surface area contributed by atoms with Crippen LogP contribution in [0.3, 0.4) is 0 Å². The molecule has 8 nitrogen and oxygen atoms in total. The van der Waals surface area contributed by atoms with E-state index in [1.807, 2.05) is 0 Å². The predicted octanol–water partition coefficient (Wildman–Crippen LogP) is 2.48. The SMILES string of the molecule is C[C@@H]1[C@@H](c2ccc(F)c(F)c2O)[C@@H](C(=O)Nc2cc[n+]([O-])c(C(N)=O)c2)O[C@@]1(C)C(F)(F)F. The van der Waals surface area contributed by atoms with Gasteiger partial charge in [0.15, 0.2) is 23.4 Å². The number of halogens is 5. The number of carbonyl (C=O) groups is 2. The third-order valence-corrected chi connectivity index (χ3v) is 5.83. The van der Waals surface area contributed by atoms with Crippen LogP contribution in [0, 0.1) is 22.8 Å². The first-order chi connectivity index (χ1) is 15.2. The quantitative estimate of drug-likeness (QED) is 0.356. The van der Waals surface area contributed by atoms with Gasteiger partial charge in [0.25, 0.3) is 11.6 Å². The molecule has 0 saturated carbocycles. The summed E-state index contributed by atoms with van der Waals surface area (Å²) in [5.41, 5.74) is 1.00. The molecule has 0 aliphatic carbocycles. The van der Waals surface area contributed by atoms with E-state index in [2.05, 4.69) is 5.32 Å². The van der Waals surface area contributed by atoms with Crippen molar-refractivity contribution in [3.05, 3.63) is 58.6 Å². The van der Waals surface area contributed by atoms with Crippen molar-refractivity contribution in [2.75, 3.05) is 5.32 Å². The molecule has 1 saturated heterocycles. The minimum absolute atomic E-state index is 0.120. The van der Waals surface area contributed by atoms with Gasteiger partial charge < -0.3 is 26.1 Å². The summed E-state index contributed by atoms with van der Waals surface area (Å²) in [5, 5.41) is 23.9. The number of anilines is 1. The van der Waals surface area contributed by atoms with Crippen molar-refractivity contribution in [3.8, 4) is 5.75 Å². The number of benzene rings is 1. The third-order valence-electron chi connectivity index (χ3n) is 5.83. The van der Waals surface area contributed by atoms with Crippen LogP contribution in [0.2, 0.25) is 0 Å². The number of amides is 2. The summed E-state index contributed by atoms with van der Waals surface area (Å²) in [7, 11) is 0. The zero-order valence-corrected chi connectivity index (χ0v) is 17.1. The van der Waals surface area contributed by atoms with Crippen molar-refractivity contribution in [2.24, 2.45) is 11.7 Å². The normalized spacial score (nSPS) is 25.1. The Morgan fingerprint density at radius 3 is 2.48 bits per heavy atom. The summed E-state index contributed by atoms with van der Waals surface area (Å²) in [6, 6.07) is 3.44. The summed E-state index contributed by atoms with van der Waals surface area (Å²) in [6.45, 7) is 1.79. The molecule has 2 amide bonds. The lowest BCUT2D eigenvalue weighted by Crippen LogP contribution is -2.47. The lowest BCUT2D eigenvalue weighted by atomic mass is 9.77. The van der Waals surface area contributed by atoms with E-state index in [9.17, 15) is 41.9 Å². The molecule has 4 N–H and O–H groups in total. The molecule has 0 radical (unpaired) electrons. The second kappa shape index (κ2) is 8.14. The number of rotatable bonds is 4. The van der Waals surface area contributed by atoms with Crippen LogP contribution in [0.1, 0.15) is 35.8 Å². The van der Waals surface area contributed by atoms with Gasteiger partial charge in [0.05, 0.1) is 5.69 Å². The molecular formula is C20H18F5N3O5. The Morgan fingerprint density at radius 2 is 1.91 bits per heavy atom. The number of nitrogens with one attached hydrogen (secondary N) is 1. The number of aromatic hydroxyl groups is 1. The summed E-state index contributed by atoms with van der Waals surface area (Å²) in [5.74, 6) is -9.71. The van der Waals surface area contributed by atoms with E-state index in [4.69, 9.17) is 10.5 Å². The number of hydrogen-bond donors (Lipinski definition) is 3. The van der Waals surface area contributed by atoms with Crippen LogP contribution in [0.25, 0.3) is 0 Å². The number of hydrogen-bond acceptors (Lipinski definition) is 5. The van der Waals surface area contributed by atoms with Gasteiger partial charge >= 0.3 is 12.1 Å². The molecule has 0 unspecified atom stereocenters. The maximum absolute atomic E-state index is 14.0. The molecule has 1 aromatic heterocycles. The Hall–Kier alpha value is -3.48. The van der Waals surface area contributed by atoms with Crippen molar-refractivity contribution in [3.63, 3.8) is 0 Å². The van der Waals surface area contributed by atoms with Gasteiger partial charge in [0, 0.05) is 29.5 Å². The van der Waals surface area contributed by atoms with Gasteiger partial charge in [-0.2, -0.15) is 22.3 Å². The Kier molecular flexibility index (Phi) is 5.96. The summed E-state index contributed by atoms with van der Waals surface area (Å²) in [4.78, 5) is 24.3. The highest BCUT2D eigenvalue weighted by Crippen LogP contribution is 2.54. The van der Waals surface area contributed by atoms with Crippen LogP contribution >= 0.6 is 0 Å². The van der Waals surface area contributed by atoms with Gasteiger partial charge in [-0.3, -0.25) is 9.59 Å². The molecule has 2 aromatic rings. The van der Waals surface area contributed by atoms with Gasteiger partial charge in [-0.15, -0.1) is 0 Å². The number of ether oxygens (including phenoxy) is 1. The molecule has 2 heterocycles. The number of nitrogens with zero attached hydrogens (tertiary/aromatic N) is 1. The van der Waals surface area contributed by atoms with Crippen molar-refractivity contribution >= 4 is 17.5 Å². The van der Waals surface area contributed by atoms with E-state index >= 15 is 0 Å². The number of nitrogens with two attached hydrogens (primary N) is 1. The molecule has 178 valence electrons. The number of carbonyl (C=O) groups excluding carboxylic acids is 2. The smallest absolute Gasteiger partial charge is 0.417 e. The fourth-order valence-electron chi connectivity index (χ4n) is 3.81. The largest absolute Gasteiger partial charge is 0.618 e. The fraction of sp³-hybridized carbons (Fsp3) is 0.350. The van der Waals surface area contributed by atoms with Crippen LogP contribution in [0.4, 0.5) is 27.6 Å². The average molecular weight is 475 g/mol. The molecule has 4 atom stereocenters. The topological polar surface area (TPSA) is 129 Å². The van der Waals surface area contributed by atoms with E-state index in [0.29, 0.717) is 13.0 Å². The number of aromatic nitrogens is 1. The number of alkyl halides is 3. The first-order valence-corrected chi connectivity index (χ1v) is 9.44. The number of pyridine rings is 1. The molecule has 0 spiro atoms. The predicted molar refractivity (Wildman–Crippen MR) is 102 cm³/mol. The average Bonchev–Trinajstić information content (AvgIpc) is 3.00. The highest BCUT2D eigenvalue weighted by atomic mass is 19.4. The van der Waals surface area contributed by atoms with Crippen LogP contribution in [-0.2, 0) is 9.53 Å². The van der Waals surface area contributed by atoms with Crippen LogP contribution in [0.15, 0.2) is 30.5 Å². The van der Waals surface area contributed by atoms with Gasteiger partial charge in [0.2, 0.25) is 5.82 Å². The molecule has 3 rings (SSSR count). The first-order valence-electron chi connectivity index (χ1n) is 9.44. The number of phenolic OH excluding ortho intramolecular Hbond substituents is 1. The number of primary amides is 1. The monoisotopic (exact) mass is 475 g/mol. The Labute approximate surface area is 183 Å². The van der Waals surface area contributed by atoms with E-state index in [-0.39, 0.29) is 10.4 Å². The second-order valence-corrected chi connectivity index (χ2v) is 7.74. The third kappa shape index (κ3) is 4.03. The second-order valence-electron chi connectivity index (χ2n) is 7.74. The lowest BCUT2D eigenvalue weighted by Gasteiger charge is -2.31. The maximum Gasteiger partial charge on any atom is 0.417 e. The van der Waals surface area contributed by atoms with Crippen molar-refractivity contribution in [1.29, 1.82) is 0 Å². The molecular weight excluding hydrogens is 457 g/mol. The zero-order chi connectivity index (χ0) is 24.9. The zero-order valence-electron chi connectivity index (χ0n) is 17.1. The Morgan fingerprint density at radius 1 is 1.27 bits per heavy atom. The molecule has 1 aliphatic heterocycles. The molecule has 0 bridgehead atoms. The summed E-state index contributed by atoms with van der Waals surface area (Å²) >= 11 is 0. The minimum atomic E-state index is -4.96. The van der Waals surface area contributed by atoms with Crippen molar-refractivity contribution in [1.82, 2.24) is 0 Å². The highest BCUT2D eigenvalue weighted by molar-refractivity contribution is 5.97. The summed E-state index contributed by atoms with van der Waals surface area (Å²) < 4.78 is 74.2. The van der Waals surface area contributed by atoms with Gasteiger partial charge in [-0.25, -0.2) is 4.39 Å². The molecule has 1 aromatic carbocycles. The lowest BCUT2D eigenvalue weighted by molar-refractivity contribution is -0.607. The maximum atomic E-state index is 14.0. The Bertz CT molecular complexity index is 1130. The number of phenols is 1. The van der Waals surface area contributed by atoms with E-state index in [1.54, 1.807) is 0 Å². The highest BCUT2D eigenvalue weighted by Gasteiger charge is 2.65. The Balaban J connectivity index is 2.05. The van der Waals surface area contributed by atoms with Gasteiger partial charge in [-0.05, 0) is 13.0 Å².